The molecule has 2 aliphatic rings. The van der Waals surface area contributed by atoms with Crippen molar-refractivity contribution in [3.8, 4) is 0 Å². The molecule has 2 fully saturated rings. The number of hydrogen-bond acceptors (Lipinski definition) is 5. The molecule has 2 saturated heterocycles. The van der Waals surface area contributed by atoms with Crippen LogP contribution < -0.4 is 0 Å². The van der Waals surface area contributed by atoms with Crippen LogP contribution >= 0.6 is 0 Å². The van der Waals surface area contributed by atoms with Gasteiger partial charge in [0.15, 0.2) is 0 Å². The van der Waals surface area contributed by atoms with Crippen molar-refractivity contribution in [1.82, 2.24) is 24.6 Å². The van der Waals surface area contributed by atoms with E-state index in [1.165, 1.54) is 0 Å². The number of likely N-dealkylation sites (tertiary alicyclic amines) is 1. The van der Waals surface area contributed by atoms with Gasteiger partial charge in [-0.05, 0) is 19.8 Å². The lowest BCUT2D eigenvalue weighted by Gasteiger charge is -2.39. The third-order valence-electron chi connectivity index (χ3n) is 4.98. The average Bonchev–Trinajstić information content (AvgIpc) is 3.10. The van der Waals surface area contributed by atoms with E-state index in [0.29, 0.717) is 26.2 Å². The fraction of sp³-hybridized carbons (Fsp3) is 0.812. The van der Waals surface area contributed by atoms with Crippen LogP contribution in [0, 0.1) is 0 Å². The van der Waals surface area contributed by atoms with Gasteiger partial charge in [-0.25, -0.2) is 8.78 Å². The molecule has 0 N–H and O–H groups in total. The molecule has 0 aliphatic carbocycles. The van der Waals surface area contributed by atoms with Gasteiger partial charge in [0.05, 0.1) is 19.8 Å². The summed E-state index contributed by atoms with van der Waals surface area (Å²) >= 11 is 0. The Bertz CT molecular complexity index is 583. The van der Waals surface area contributed by atoms with Gasteiger partial charge in [-0.1, -0.05) is 0 Å². The maximum atomic E-state index is 12.9. The Morgan fingerprint density at radius 3 is 3.04 bits per heavy atom. The molecule has 140 valence electrons. The number of rotatable bonds is 5. The van der Waals surface area contributed by atoms with E-state index < -0.39 is 12.5 Å². The van der Waals surface area contributed by atoms with Crippen molar-refractivity contribution in [2.24, 2.45) is 0 Å². The van der Waals surface area contributed by atoms with Crippen LogP contribution in [0.3, 0.4) is 0 Å². The van der Waals surface area contributed by atoms with Gasteiger partial charge in [0.2, 0.25) is 5.91 Å². The molecule has 0 spiro atoms. The van der Waals surface area contributed by atoms with Crippen LogP contribution in [0.25, 0.3) is 0 Å². The van der Waals surface area contributed by atoms with E-state index in [4.69, 9.17) is 4.74 Å². The van der Waals surface area contributed by atoms with E-state index in [9.17, 15) is 13.6 Å². The Hall–Kier alpha value is -1.61. The monoisotopic (exact) mass is 357 g/mol. The first-order chi connectivity index (χ1) is 12.1. The van der Waals surface area contributed by atoms with Crippen molar-refractivity contribution in [2.75, 3.05) is 39.4 Å². The van der Waals surface area contributed by atoms with Crippen molar-refractivity contribution in [3.63, 3.8) is 0 Å². The minimum Gasteiger partial charge on any atom is -0.378 e. The van der Waals surface area contributed by atoms with Gasteiger partial charge in [-0.3, -0.25) is 9.69 Å². The summed E-state index contributed by atoms with van der Waals surface area (Å²) in [5, 5.41) is 8.18. The molecule has 0 aromatic carbocycles. The number of amides is 1. The molecule has 1 amide bonds. The number of hydrogen-bond donors (Lipinski definition) is 0. The first-order valence-electron chi connectivity index (χ1n) is 8.86. The van der Waals surface area contributed by atoms with Crippen LogP contribution in [0.4, 0.5) is 8.78 Å². The summed E-state index contributed by atoms with van der Waals surface area (Å²) in [6, 6.07) is -0.620. The smallest absolute Gasteiger partial charge is 0.251 e. The predicted molar refractivity (Wildman–Crippen MR) is 86.4 cm³/mol. The van der Waals surface area contributed by atoms with Crippen LogP contribution in [-0.4, -0.2) is 82.3 Å². The van der Waals surface area contributed by atoms with Gasteiger partial charge < -0.3 is 14.2 Å². The molecule has 0 radical (unpaired) electrons. The van der Waals surface area contributed by atoms with Crippen LogP contribution in [0.1, 0.15) is 31.5 Å². The maximum Gasteiger partial charge on any atom is 0.251 e. The Kier molecular flexibility index (Phi) is 5.95. The molecular formula is C16H25F2N5O2. The number of carbonyl (C=O) groups excluding carboxylic acids is 1. The molecule has 3 rings (SSSR count). The summed E-state index contributed by atoms with van der Waals surface area (Å²) in [5.41, 5.74) is 0. The number of nitrogens with zero attached hydrogens (tertiary/aromatic N) is 5. The Balaban J connectivity index is 1.68. The molecule has 0 saturated carbocycles. The van der Waals surface area contributed by atoms with E-state index in [1.54, 1.807) is 16.1 Å². The fourth-order valence-electron chi connectivity index (χ4n) is 3.68. The number of ether oxygens (including phenoxy) is 1. The van der Waals surface area contributed by atoms with Gasteiger partial charge in [-0.2, -0.15) is 0 Å². The number of piperidine rings is 1. The second kappa shape index (κ2) is 8.18. The van der Waals surface area contributed by atoms with Gasteiger partial charge in [0.1, 0.15) is 18.2 Å². The van der Waals surface area contributed by atoms with Crippen molar-refractivity contribution in [1.29, 1.82) is 0 Å². The van der Waals surface area contributed by atoms with Crippen LogP contribution in [-0.2, 0) is 16.1 Å². The number of alkyl halides is 2. The summed E-state index contributed by atoms with van der Waals surface area (Å²) in [7, 11) is 0. The largest absolute Gasteiger partial charge is 0.378 e. The summed E-state index contributed by atoms with van der Waals surface area (Å²) in [6.07, 6.45) is 1.07. The number of carbonyl (C=O) groups is 1. The molecule has 2 aliphatic heterocycles. The zero-order valence-electron chi connectivity index (χ0n) is 14.5. The Morgan fingerprint density at radius 2 is 2.28 bits per heavy atom. The highest BCUT2D eigenvalue weighted by Gasteiger charge is 2.36. The second-order valence-corrected chi connectivity index (χ2v) is 6.58. The molecule has 25 heavy (non-hydrogen) atoms. The highest BCUT2D eigenvalue weighted by Crippen LogP contribution is 2.26. The zero-order valence-corrected chi connectivity index (χ0v) is 14.5. The van der Waals surface area contributed by atoms with Gasteiger partial charge >= 0.3 is 0 Å². The normalized spacial score (nSPS) is 25.5. The molecular weight excluding hydrogens is 332 g/mol. The molecule has 0 bridgehead atoms. The van der Waals surface area contributed by atoms with Crippen molar-refractivity contribution >= 4 is 5.91 Å². The van der Waals surface area contributed by atoms with E-state index in [1.807, 2.05) is 11.5 Å². The summed E-state index contributed by atoms with van der Waals surface area (Å²) in [4.78, 5) is 16.3. The maximum absolute atomic E-state index is 12.9. The van der Waals surface area contributed by atoms with E-state index in [-0.39, 0.29) is 25.0 Å². The third-order valence-corrected chi connectivity index (χ3v) is 4.98. The number of aromatic nitrogens is 3. The minimum absolute atomic E-state index is 0.118. The third kappa shape index (κ3) is 4.14. The lowest BCUT2D eigenvalue weighted by molar-refractivity contribution is -0.145. The molecule has 3 heterocycles. The Labute approximate surface area is 145 Å². The van der Waals surface area contributed by atoms with E-state index >= 15 is 0 Å². The number of morpholine rings is 1. The minimum atomic E-state index is -2.45. The predicted octanol–water partition coefficient (Wildman–Crippen LogP) is 0.970. The summed E-state index contributed by atoms with van der Waals surface area (Å²) in [6.45, 7) is 4.55. The standard InChI is InChI=1S/C16H25F2N5O2/c1-2-21-11-19-20-15(21)12-4-3-5-23(8-12)16(24)13-10-25-7-6-22(13)9-14(17)18/h11-14H,2-10H2,1H3. The molecule has 2 atom stereocenters. The quantitative estimate of drug-likeness (QED) is 0.786. The number of halogens is 2. The van der Waals surface area contributed by atoms with E-state index in [0.717, 1.165) is 25.2 Å². The van der Waals surface area contributed by atoms with Crippen molar-refractivity contribution < 1.29 is 18.3 Å². The van der Waals surface area contributed by atoms with Gasteiger partial charge in [-0.15, -0.1) is 10.2 Å². The van der Waals surface area contributed by atoms with Crippen LogP contribution in [0.5, 0.6) is 0 Å². The first-order valence-corrected chi connectivity index (χ1v) is 8.86. The van der Waals surface area contributed by atoms with Crippen molar-refractivity contribution in [2.45, 2.75) is 44.7 Å². The fourth-order valence-corrected chi connectivity index (χ4v) is 3.68. The summed E-state index contributed by atoms with van der Waals surface area (Å²) in [5.74, 6) is 0.908. The highest BCUT2D eigenvalue weighted by atomic mass is 19.3. The highest BCUT2D eigenvalue weighted by molar-refractivity contribution is 5.82. The Morgan fingerprint density at radius 1 is 1.44 bits per heavy atom. The average molecular weight is 357 g/mol. The summed E-state index contributed by atoms with van der Waals surface area (Å²) < 4.78 is 33.0. The molecule has 1 aromatic heterocycles. The molecule has 7 nitrogen and oxygen atoms in total. The molecule has 1 aromatic rings. The molecule has 9 heteroatoms. The lowest BCUT2D eigenvalue weighted by atomic mass is 9.96. The number of aryl methyl sites for hydroxylation is 1. The van der Waals surface area contributed by atoms with Crippen LogP contribution in [0.15, 0.2) is 6.33 Å². The molecule has 2 unspecified atom stereocenters. The lowest BCUT2D eigenvalue weighted by Crippen LogP contribution is -2.57. The topological polar surface area (TPSA) is 63.5 Å². The zero-order chi connectivity index (χ0) is 17.8. The van der Waals surface area contributed by atoms with Crippen molar-refractivity contribution in [3.05, 3.63) is 12.2 Å². The van der Waals surface area contributed by atoms with Gasteiger partial charge in [0.25, 0.3) is 6.43 Å². The first kappa shape index (κ1) is 18.2. The second-order valence-electron chi connectivity index (χ2n) is 6.58. The SMILES string of the molecule is CCn1cnnc1C1CCCN(C(=O)C2COCCN2CC(F)F)C1. The van der Waals surface area contributed by atoms with Gasteiger partial charge in [0, 0.05) is 32.1 Å². The van der Waals surface area contributed by atoms with E-state index in [2.05, 4.69) is 10.2 Å². The van der Waals surface area contributed by atoms with Crippen LogP contribution in [0.2, 0.25) is 0 Å².